The van der Waals surface area contributed by atoms with Gasteiger partial charge in [0.05, 0.1) is 19.4 Å². The molecule has 2 amide bonds. The summed E-state index contributed by atoms with van der Waals surface area (Å²) in [4.78, 5) is 26.6. The number of amides is 2. The van der Waals surface area contributed by atoms with Crippen LogP contribution < -0.4 is 10.1 Å². The Labute approximate surface area is 141 Å². The van der Waals surface area contributed by atoms with E-state index in [1.165, 1.54) is 0 Å². The van der Waals surface area contributed by atoms with Gasteiger partial charge in [0.2, 0.25) is 11.8 Å². The lowest BCUT2D eigenvalue weighted by Gasteiger charge is -2.24. The van der Waals surface area contributed by atoms with Gasteiger partial charge in [-0.1, -0.05) is 19.1 Å². The fourth-order valence-corrected chi connectivity index (χ4v) is 3.59. The van der Waals surface area contributed by atoms with Crippen LogP contribution in [0.15, 0.2) is 24.3 Å². The van der Waals surface area contributed by atoms with Gasteiger partial charge in [0, 0.05) is 11.8 Å². The van der Waals surface area contributed by atoms with E-state index < -0.39 is 0 Å². The van der Waals surface area contributed by atoms with Gasteiger partial charge < -0.3 is 15.0 Å². The van der Waals surface area contributed by atoms with Gasteiger partial charge in [0.25, 0.3) is 0 Å². The molecule has 0 radical (unpaired) electrons. The van der Waals surface area contributed by atoms with Crippen LogP contribution in [-0.2, 0) is 16.0 Å². The van der Waals surface area contributed by atoms with Gasteiger partial charge in [-0.05, 0) is 31.0 Å². The van der Waals surface area contributed by atoms with Crippen molar-refractivity contribution in [2.45, 2.75) is 38.8 Å². The summed E-state index contributed by atoms with van der Waals surface area (Å²) in [6, 6.07) is 7.23. The average molecular weight is 336 g/mol. The maximum atomic E-state index is 12.6. The van der Waals surface area contributed by atoms with E-state index in [2.05, 4.69) is 5.32 Å². The molecule has 1 aliphatic heterocycles. The minimum atomic E-state index is -0.368. The van der Waals surface area contributed by atoms with Crippen molar-refractivity contribution in [2.24, 2.45) is 0 Å². The molecule has 1 fully saturated rings. The number of benzene rings is 1. The number of rotatable bonds is 6. The zero-order chi connectivity index (χ0) is 16.8. The summed E-state index contributed by atoms with van der Waals surface area (Å²) in [5.41, 5.74) is 0.896. The summed E-state index contributed by atoms with van der Waals surface area (Å²) in [7, 11) is 1.60. The molecule has 1 heterocycles. The van der Waals surface area contributed by atoms with Gasteiger partial charge in [-0.25, -0.2) is 0 Å². The van der Waals surface area contributed by atoms with Crippen LogP contribution in [-0.4, -0.2) is 47.5 Å². The van der Waals surface area contributed by atoms with Crippen LogP contribution in [0.3, 0.4) is 0 Å². The molecule has 0 aromatic heterocycles. The lowest BCUT2D eigenvalue weighted by molar-refractivity contribution is -0.137. The molecule has 2 rings (SSSR count). The minimum Gasteiger partial charge on any atom is -0.497 e. The zero-order valence-electron chi connectivity index (χ0n) is 13.9. The predicted octanol–water partition coefficient (Wildman–Crippen LogP) is 2.05. The van der Waals surface area contributed by atoms with Gasteiger partial charge in [-0.2, -0.15) is 0 Å². The third-order valence-corrected chi connectivity index (χ3v) is 5.01. The number of nitrogens with zero attached hydrogens (tertiary/aromatic N) is 1. The summed E-state index contributed by atoms with van der Waals surface area (Å²) in [5, 5.41) is 2.97. The summed E-state index contributed by atoms with van der Waals surface area (Å²) in [6.45, 7) is 4.00. The molecule has 0 bridgehead atoms. The van der Waals surface area contributed by atoms with Gasteiger partial charge in [-0.15, -0.1) is 11.8 Å². The van der Waals surface area contributed by atoms with Gasteiger partial charge >= 0.3 is 0 Å². The quantitative estimate of drug-likeness (QED) is 0.864. The number of nitrogens with one attached hydrogen (secondary N) is 1. The molecule has 126 valence electrons. The molecular weight excluding hydrogens is 312 g/mol. The molecule has 1 aromatic rings. The fraction of sp³-hybridized carbons (Fsp3) is 0.529. The number of thioether (sulfide) groups is 1. The van der Waals surface area contributed by atoms with E-state index in [0.717, 1.165) is 17.7 Å². The molecule has 1 aliphatic rings. The summed E-state index contributed by atoms with van der Waals surface area (Å²) in [5.74, 6) is 1.89. The van der Waals surface area contributed by atoms with Gasteiger partial charge in [0.1, 0.15) is 11.8 Å². The fourth-order valence-electron chi connectivity index (χ4n) is 2.41. The van der Waals surface area contributed by atoms with Crippen molar-refractivity contribution in [3.8, 4) is 5.75 Å². The minimum absolute atomic E-state index is 0.0208. The van der Waals surface area contributed by atoms with Crippen molar-refractivity contribution < 1.29 is 14.3 Å². The Balaban J connectivity index is 2.01. The van der Waals surface area contributed by atoms with Crippen molar-refractivity contribution in [2.75, 3.05) is 18.7 Å². The van der Waals surface area contributed by atoms with Crippen LogP contribution >= 0.6 is 11.8 Å². The summed E-state index contributed by atoms with van der Waals surface area (Å²) >= 11 is 1.62. The van der Waals surface area contributed by atoms with E-state index in [1.54, 1.807) is 23.8 Å². The van der Waals surface area contributed by atoms with Gasteiger partial charge in [-0.3, -0.25) is 9.59 Å². The van der Waals surface area contributed by atoms with Crippen LogP contribution in [0.1, 0.15) is 25.8 Å². The second-order valence-electron chi connectivity index (χ2n) is 5.73. The van der Waals surface area contributed by atoms with E-state index in [-0.39, 0.29) is 30.3 Å². The SMILES string of the molecule is CC[C@@H](C)NC(=O)[C@H]1CSCN1C(=O)Cc1cccc(OC)c1. The first-order valence-corrected chi connectivity index (χ1v) is 9.01. The summed E-state index contributed by atoms with van der Waals surface area (Å²) in [6.07, 6.45) is 1.16. The Morgan fingerprint density at radius 2 is 2.26 bits per heavy atom. The lowest BCUT2D eigenvalue weighted by atomic mass is 10.1. The first-order chi connectivity index (χ1) is 11.0. The molecular formula is C17H24N2O3S. The molecule has 1 saturated heterocycles. The van der Waals surface area contributed by atoms with E-state index >= 15 is 0 Å². The Morgan fingerprint density at radius 1 is 1.48 bits per heavy atom. The van der Waals surface area contributed by atoms with E-state index in [9.17, 15) is 9.59 Å². The van der Waals surface area contributed by atoms with Crippen LogP contribution in [0.4, 0.5) is 0 Å². The highest BCUT2D eigenvalue weighted by Gasteiger charge is 2.34. The highest BCUT2D eigenvalue weighted by molar-refractivity contribution is 7.99. The summed E-state index contributed by atoms with van der Waals surface area (Å²) < 4.78 is 5.18. The predicted molar refractivity (Wildman–Crippen MR) is 92.6 cm³/mol. The Bertz CT molecular complexity index is 565. The van der Waals surface area contributed by atoms with Crippen molar-refractivity contribution >= 4 is 23.6 Å². The first kappa shape index (κ1) is 17.7. The molecule has 1 N–H and O–H groups in total. The first-order valence-electron chi connectivity index (χ1n) is 7.85. The van der Waals surface area contributed by atoms with Crippen molar-refractivity contribution in [3.05, 3.63) is 29.8 Å². The number of carbonyl (C=O) groups is 2. The molecule has 23 heavy (non-hydrogen) atoms. The topological polar surface area (TPSA) is 58.6 Å². The standard InChI is InChI=1S/C17H24N2O3S/c1-4-12(2)18-17(21)15-10-23-11-19(15)16(20)9-13-6-5-7-14(8-13)22-3/h5-8,12,15H,4,9-11H2,1-3H3,(H,18,21)/t12-,15-/m1/s1. The molecule has 0 saturated carbocycles. The zero-order valence-corrected chi connectivity index (χ0v) is 14.7. The second-order valence-corrected chi connectivity index (χ2v) is 6.73. The third kappa shape index (κ3) is 4.64. The molecule has 6 heteroatoms. The van der Waals surface area contributed by atoms with E-state index in [1.807, 2.05) is 38.1 Å². The number of hydrogen-bond donors (Lipinski definition) is 1. The highest BCUT2D eigenvalue weighted by Crippen LogP contribution is 2.23. The molecule has 0 spiro atoms. The number of ether oxygens (including phenoxy) is 1. The van der Waals surface area contributed by atoms with Crippen molar-refractivity contribution in [3.63, 3.8) is 0 Å². The van der Waals surface area contributed by atoms with Crippen LogP contribution in [0, 0.1) is 0 Å². The lowest BCUT2D eigenvalue weighted by Crippen LogP contribution is -2.49. The Morgan fingerprint density at radius 3 is 2.96 bits per heavy atom. The van der Waals surface area contributed by atoms with Crippen LogP contribution in [0.2, 0.25) is 0 Å². The van der Waals surface area contributed by atoms with Crippen molar-refractivity contribution in [1.29, 1.82) is 0 Å². The maximum absolute atomic E-state index is 12.6. The number of hydrogen-bond acceptors (Lipinski definition) is 4. The largest absolute Gasteiger partial charge is 0.497 e. The molecule has 0 aliphatic carbocycles. The smallest absolute Gasteiger partial charge is 0.243 e. The normalized spacial score (nSPS) is 18.6. The maximum Gasteiger partial charge on any atom is 0.243 e. The molecule has 0 unspecified atom stereocenters. The molecule has 1 aromatic carbocycles. The van der Waals surface area contributed by atoms with Crippen LogP contribution in [0.5, 0.6) is 5.75 Å². The number of carbonyl (C=O) groups excluding carboxylic acids is 2. The third-order valence-electron chi connectivity index (χ3n) is 4.00. The number of methoxy groups -OCH3 is 1. The van der Waals surface area contributed by atoms with E-state index in [0.29, 0.717) is 11.6 Å². The Kier molecular flexibility index (Phi) is 6.33. The van der Waals surface area contributed by atoms with Crippen LogP contribution in [0.25, 0.3) is 0 Å². The molecule has 2 atom stereocenters. The van der Waals surface area contributed by atoms with Crippen molar-refractivity contribution in [1.82, 2.24) is 10.2 Å². The average Bonchev–Trinajstić information content (AvgIpc) is 3.04. The highest BCUT2D eigenvalue weighted by atomic mass is 32.2. The monoisotopic (exact) mass is 336 g/mol. The molecule has 5 nitrogen and oxygen atoms in total. The van der Waals surface area contributed by atoms with Gasteiger partial charge in [0.15, 0.2) is 0 Å². The Hall–Kier alpha value is -1.69. The van der Waals surface area contributed by atoms with E-state index in [4.69, 9.17) is 4.74 Å². The second kappa shape index (κ2) is 8.24.